The number of pyridine rings is 1. The van der Waals surface area contributed by atoms with Crippen molar-refractivity contribution >= 4 is 11.6 Å². The summed E-state index contributed by atoms with van der Waals surface area (Å²) in [5.74, 6) is 1.75. The molecule has 3 rings (SSSR count). The van der Waals surface area contributed by atoms with Gasteiger partial charge < -0.3 is 14.9 Å². The zero-order valence-corrected chi connectivity index (χ0v) is 14.3. The molecule has 0 saturated carbocycles. The normalized spacial score (nSPS) is 19.1. The molecule has 2 atom stereocenters. The number of aliphatic hydroxyl groups excluding tert-OH is 1. The highest BCUT2D eigenvalue weighted by atomic mass is 16.3. The van der Waals surface area contributed by atoms with Crippen LogP contribution >= 0.6 is 0 Å². The van der Waals surface area contributed by atoms with Crippen molar-refractivity contribution < 1.29 is 5.11 Å². The summed E-state index contributed by atoms with van der Waals surface area (Å²) >= 11 is 0. The van der Waals surface area contributed by atoms with Gasteiger partial charge in [-0.1, -0.05) is 6.07 Å². The summed E-state index contributed by atoms with van der Waals surface area (Å²) < 4.78 is 0. The van der Waals surface area contributed by atoms with Crippen LogP contribution in [0.5, 0.6) is 0 Å². The van der Waals surface area contributed by atoms with Crippen LogP contribution in [0.1, 0.15) is 37.9 Å². The highest BCUT2D eigenvalue weighted by Crippen LogP contribution is 2.27. The topological polar surface area (TPSA) is 65.4 Å². The molecule has 1 aliphatic rings. The van der Waals surface area contributed by atoms with Crippen LogP contribution in [-0.4, -0.2) is 46.3 Å². The summed E-state index contributed by atoms with van der Waals surface area (Å²) in [6.07, 6.45) is 6.72. The molecule has 128 valence electrons. The Morgan fingerprint density at radius 1 is 1.29 bits per heavy atom. The molecular formula is C18H25N5O. The summed E-state index contributed by atoms with van der Waals surface area (Å²) in [5, 5.41) is 9.63. The molecule has 0 spiro atoms. The minimum absolute atomic E-state index is 0.115. The molecule has 1 N–H and O–H groups in total. The second-order valence-corrected chi connectivity index (χ2v) is 6.30. The third kappa shape index (κ3) is 3.48. The second kappa shape index (κ2) is 7.57. The van der Waals surface area contributed by atoms with Crippen LogP contribution in [-0.2, 0) is 0 Å². The Balaban J connectivity index is 1.82. The summed E-state index contributed by atoms with van der Waals surface area (Å²) in [6, 6.07) is 8.22. The number of aliphatic hydroxyl groups is 1. The van der Waals surface area contributed by atoms with Crippen molar-refractivity contribution in [2.24, 2.45) is 0 Å². The van der Waals surface area contributed by atoms with Gasteiger partial charge in [-0.05, 0) is 38.3 Å². The van der Waals surface area contributed by atoms with E-state index in [4.69, 9.17) is 0 Å². The Hall–Kier alpha value is -2.21. The van der Waals surface area contributed by atoms with Gasteiger partial charge in [-0.15, -0.1) is 0 Å². The van der Waals surface area contributed by atoms with Crippen molar-refractivity contribution in [2.45, 2.75) is 38.3 Å². The predicted molar refractivity (Wildman–Crippen MR) is 95.2 cm³/mol. The van der Waals surface area contributed by atoms with Gasteiger partial charge in [-0.25, -0.2) is 9.97 Å². The van der Waals surface area contributed by atoms with Gasteiger partial charge in [0.05, 0.1) is 24.4 Å². The van der Waals surface area contributed by atoms with E-state index in [9.17, 15) is 5.11 Å². The summed E-state index contributed by atoms with van der Waals surface area (Å²) in [4.78, 5) is 17.6. The molecule has 3 heterocycles. The van der Waals surface area contributed by atoms with Crippen molar-refractivity contribution in [1.82, 2.24) is 15.0 Å². The fraction of sp³-hybridized carbons (Fsp3) is 0.500. The zero-order chi connectivity index (χ0) is 16.9. The van der Waals surface area contributed by atoms with Crippen LogP contribution in [0.15, 0.2) is 36.8 Å². The van der Waals surface area contributed by atoms with Gasteiger partial charge in [0, 0.05) is 25.9 Å². The number of nitrogens with zero attached hydrogens (tertiary/aromatic N) is 5. The fourth-order valence-corrected chi connectivity index (χ4v) is 3.20. The van der Waals surface area contributed by atoms with Crippen LogP contribution in [0.3, 0.4) is 0 Å². The molecule has 0 amide bonds. The molecule has 0 unspecified atom stereocenters. The van der Waals surface area contributed by atoms with E-state index in [-0.39, 0.29) is 18.7 Å². The Kier molecular flexibility index (Phi) is 5.25. The van der Waals surface area contributed by atoms with E-state index in [1.165, 1.54) is 0 Å². The van der Waals surface area contributed by atoms with E-state index < -0.39 is 0 Å². The lowest BCUT2D eigenvalue weighted by Crippen LogP contribution is -2.42. The van der Waals surface area contributed by atoms with Crippen LogP contribution in [0.2, 0.25) is 0 Å². The SMILES string of the molecule is C[C@@H](c1ccccn1)N(C)c1cc(N2CCCC[C@H]2CO)ncn1. The standard InChI is InChI=1S/C18H25N5O/c1-14(16-8-3-5-9-19-16)22(2)17-11-18(21-13-20-17)23-10-6-4-7-15(23)12-24/h3,5,8-9,11,13-15,24H,4,6-7,10,12H2,1-2H3/t14-,15-/m0/s1. The molecule has 1 saturated heterocycles. The number of hydrogen-bond acceptors (Lipinski definition) is 6. The first kappa shape index (κ1) is 16.6. The Labute approximate surface area is 143 Å². The largest absolute Gasteiger partial charge is 0.394 e. The number of piperidine rings is 1. The van der Waals surface area contributed by atoms with Gasteiger partial charge in [0.15, 0.2) is 0 Å². The second-order valence-electron chi connectivity index (χ2n) is 6.30. The predicted octanol–water partition coefficient (Wildman–Crippen LogP) is 2.42. The molecule has 0 aliphatic carbocycles. The molecule has 6 heteroatoms. The summed E-state index contributed by atoms with van der Waals surface area (Å²) in [6.45, 7) is 3.21. The third-order valence-electron chi connectivity index (χ3n) is 4.83. The van der Waals surface area contributed by atoms with Gasteiger partial charge in [-0.2, -0.15) is 0 Å². The number of rotatable bonds is 5. The van der Waals surface area contributed by atoms with Crippen LogP contribution in [0.4, 0.5) is 11.6 Å². The average Bonchev–Trinajstić information content (AvgIpc) is 2.67. The molecule has 2 aromatic heterocycles. The molecular weight excluding hydrogens is 302 g/mol. The van der Waals surface area contributed by atoms with Crippen molar-refractivity contribution in [2.75, 3.05) is 30.0 Å². The molecule has 24 heavy (non-hydrogen) atoms. The first-order valence-corrected chi connectivity index (χ1v) is 8.54. The molecule has 0 bridgehead atoms. The summed E-state index contributed by atoms with van der Waals surface area (Å²) in [5.41, 5.74) is 1.01. The van der Waals surface area contributed by atoms with Crippen molar-refractivity contribution in [3.63, 3.8) is 0 Å². The summed E-state index contributed by atoms with van der Waals surface area (Å²) in [7, 11) is 2.02. The minimum Gasteiger partial charge on any atom is -0.394 e. The maximum absolute atomic E-state index is 9.63. The molecule has 1 fully saturated rings. The molecule has 6 nitrogen and oxygen atoms in total. The molecule has 2 aromatic rings. The van der Waals surface area contributed by atoms with E-state index in [1.54, 1.807) is 6.33 Å². The lowest BCUT2D eigenvalue weighted by molar-refractivity contribution is 0.239. The van der Waals surface area contributed by atoms with Gasteiger partial charge >= 0.3 is 0 Å². The van der Waals surface area contributed by atoms with Gasteiger partial charge in [0.25, 0.3) is 0 Å². The number of aromatic nitrogens is 3. The van der Waals surface area contributed by atoms with Gasteiger partial charge in [0.1, 0.15) is 18.0 Å². The van der Waals surface area contributed by atoms with Crippen LogP contribution < -0.4 is 9.80 Å². The molecule has 1 aliphatic heterocycles. The van der Waals surface area contributed by atoms with E-state index in [1.807, 2.05) is 37.5 Å². The molecule has 0 aromatic carbocycles. The lowest BCUT2D eigenvalue weighted by Gasteiger charge is -2.36. The van der Waals surface area contributed by atoms with Crippen molar-refractivity contribution in [1.29, 1.82) is 0 Å². The lowest BCUT2D eigenvalue weighted by atomic mass is 10.0. The van der Waals surface area contributed by atoms with E-state index in [2.05, 4.69) is 31.7 Å². The highest BCUT2D eigenvalue weighted by molar-refractivity contribution is 5.51. The Morgan fingerprint density at radius 3 is 2.92 bits per heavy atom. The Bertz CT molecular complexity index is 651. The maximum atomic E-state index is 9.63. The Morgan fingerprint density at radius 2 is 2.17 bits per heavy atom. The number of hydrogen-bond donors (Lipinski definition) is 1. The van der Waals surface area contributed by atoms with E-state index in [0.29, 0.717) is 0 Å². The smallest absolute Gasteiger partial charge is 0.134 e. The van der Waals surface area contributed by atoms with Crippen LogP contribution in [0, 0.1) is 0 Å². The van der Waals surface area contributed by atoms with Gasteiger partial charge in [-0.3, -0.25) is 4.98 Å². The van der Waals surface area contributed by atoms with E-state index >= 15 is 0 Å². The van der Waals surface area contributed by atoms with Crippen molar-refractivity contribution in [3.8, 4) is 0 Å². The molecule has 0 radical (unpaired) electrons. The highest BCUT2D eigenvalue weighted by Gasteiger charge is 2.24. The average molecular weight is 327 g/mol. The fourth-order valence-electron chi connectivity index (χ4n) is 3.20. The maximum Gasteiger partial charge on any atom is 0.134 e. The monoisotopic (exact) mass is 327 g/mol. The van der Waals surface area contributed by atoms with Crippen molar-refractivity contribution in [3.05, 3.63) is 42.5 Å². The zero-order valence-electron chi connectivity index (χ0n) is 14.3. The minimum atomic E-state index is 0.115. The van der Waals surface area contributed by atoms with Crippen LogP contribution in [0.25, 0.3) is 0 Å². The number of anilines is 2. The van der Waals surface area contributed by atoms with Gasteiger partial charge in [0.2, 0.25) is 0 Å². The first-order chi connectivity index (χ1) is 11.7. The quantitative estimate of drug-likeness (QED) is 0.910. The first-order valence-electron chi connectivity index (χ1n) is 8.54. The third-order valence-corrected chi connectivity index (χ3v) is 4.83. The van der Waals surface area contributed by atoms with E-state index in [0.717, 1.165) is 43.1 Å².